The highest BCUT2D eigenvalue weighted by atomic mass is 16.5. The average Bonchev–Trinajstić information content (AvgIpc) is 3.09. The Morgan fingerprint density at radius 1 is 1.24 bits per heavy atom. The van der Waals surface area contributed by atoms with Gasteiger partial charge in [0, 0.05) is 5.56 Å². The molecule has 0 spiro atoms. The minimum absolute atomic E-state index is 0.0247. The molecule has 0 heterocycles. The highest BCUT2D eigenvalue weighted by Gasteiger charge is 2.16. The van der Waals surface area contributed by atoms with E-state index in [1.165, 1.54) is 24.0 Å². The fraction of sp³-hybridized carbons (Fsp3) is 0.318. The predicted molar refractivity (Wildman–Crippen MR) is 101 cm³/mol. The largest absolute Gasteiger partial charge is 0.496 e. The fourth-order valence-corrected chi connectivity index (χ4v) is 3.46. The van der Waals surface area contributed by atoms with Crippen molar-refractivity contribution in [1.29, 1.82) is 0 Å². The molecule has 0 saturated carbocycles. The third-order valence-corrected chi connectivity index (χ3v) is 4.88. The molecule has 25 heavy (non-hydrogen) atoms. The molecule has 1 N–H and O–H groups in total. The summed E-state index contributed by atoms with van der Waals surface area (Å²) < 4.78 is 5.35. The lowest BCUT2D eigenvalue weighted by Gasteiger charge is -2.16. The minimum atomic E-state index is -0.0686. The van der Waals surface area contributed by atoms with Gasteiger partial charge in [-0.2, -0.15) is 0 Å². The molecule has 0 fully saturated rings. The second-order valence-corrected chi connectivity index (χ2v) is 6.60. The number of allylic oxidation sites excluding steroid dienone is 1. The number of amides is 1. The van der Waals surface area contributed by atoms with Gasteiger partial charge in [0.1, 0.15) is 5.75 Å². The van der Waals surface area contributed by atoms with E-state index in [-0.39, 0.29) is 11.9 Å². The molecule has 3 heteroatoms. The highest BCUT2D eigenvalue weighted by Crippen LogP contribution is 2.26. The van der Waals surface area contributed by atoms with Gasteiger partial charge in [0.15, 0.2) is 0 Å². The van der Waals surface area contributed by atoms with Crippen LogP contribution < -0.4 is 10.1 Å². The monoisotopic (exact) mass is 335 g/mol. The quantitative estimate of drug-likeness (QED) is 0.795. The lowest BCUT2D eigenvalue weighted by atomic mass is 10.0. The molecule has 2 aromatic rings. The normalized spacial score (nSPS) is 13.8. The van der Waals surface area contributed by atoms with Crippen LogP contribution in [0.3, 0.4) is 0 Å². The van der Waals surface area contributed by atoms with Crippen molar-refractivity contribution in [2.75, 3.05) is 7.11 Å². The standard InChI is InChI=1S/C22H25NO2/c1-4-6-19-14-20(11-12-21(19)25-3)22(24)23-15(2)17-10-9-16-7-5-8-18(16)13-17/h4,9-15H,1,5-8H2,2-3H3,(H,23,24)/t15-/m1/s1. The first-order chi connectivity index (χ1) is 12.1. The number of carbonyl (C=O) groups excluding carboxylic acids is 1. The number of benzene rings is 2. The van der Waals surface area contributed by atoms with Crippen LogP contribution >= 0.6 is 0 Å². The second-order valence-electron chi connectivity index (χ2n) is 6.60. The van der Waals surface area contributed by atoms with Crippen molar-refractivity contribution >= 4 is 5.91 Å². The van der Waals surface area contributed by atoms with Crippen molar-refractivity contribution in [3.63, 3.8) is 0 Å². The van der Waals surface area contributed by atoms with Crippen LogP contribution in [0.5, 0.6) is 5.75 Å². The number of rotatable bonds is 6. The van der Waals surface area contributed by atoms with Crippen LogP contribution in [0.1, 0.15) is 52.0 Å². The number of fused-ring (bicyclic) bond motifs is 1. The van der Waals surface area contributed by atoms with Crippen LogP contribution in [0.15, 0.2) is 49.1 Å². The van der Waals surface area contributed by atoms with Crippen molar-refractivity contribution in [3.05, 3.63) is 76.9 Å². The Morgan fingerprint density at radius 3 is 2.80 bits per heavy atom. The van der Waals surface area contributed by atoms with E-state index >= 15 is 0 Å². The smallest absolute Gasteiger partial charge is 0.251 e. The van der Waals surface area contributed by atoms with E-state index in [0.29, 0.717) is 12.0 Å². The fourth-order valence-electron chi connectivity index (χ4n) is 3.46. The summed E-state index contributed by atoms with van der Waals surface area (Å²) in [7, 11) is 1.64. The molecule has 130 valence electrons. The number of hydrogen-bond donors (Lipinski definition) is 1. The van der Waals surface area contributed by atoms with Crippen LogP contribution in [-0.2, 0) is 19.3 Å². The number of carbonyl (C=O) groups is 1. The van der Waals surface area contributed by atoms with Gasteiger partial charge in [-0.1, -0.05) is 24.3 Å². The van der Waals surface area contributed by atoms with Crippen LogP contribution in [0.4, 0.5) is 0 Å². The maximum Gasteiger partial charge on any atom is 0.251 e. The highest BCUT2D eigenvalue weighted by molar-refractivity contribution is 5.94. The average molecular weight is 335 g/mol. The lowest BCUT2D eigenvalue weighted by molar-refractivity contribution is 0.0939. The molecular formula is C22H25NO2. The Labute approximate surface area is 149 Å². The summed E-state index contributed by atoms with van der Waals surface area (Å²) in [5.41, 5.74) is 5.65. The molecule has 0 aromatic heterocycles. The molecular weight excluding hydrogens is 310 g/mol. The molecule has 1 aliphatic rings. The summed E-state index contributed by atoms with van der Waals surface area (Å²) in [6, 6.07) is 12.1. The van der Waals surface area contributed by atoms with Crippen LogP contribution in [-0.4, -0.2) is 13.0 Å². The Balaban J connectivity index is 1.75. The van der Waals surface area contributed by atoms with Crippen molar-refractivity contribution in [2.45, 2.75) is 38.6 Å². The van der Waals surface area contributed by atoms with Crippen LogP contribution in [0, 0.1) is 0 Å². The third-order valence-electron chi connectivity index (χ3n) is 4.88. The zero-order chi connectivity index (χ0) is 17.8. The van der Waals surface area contributed by atoms with Gasteiger partial charge in [-0.05, 0) is 73.1 Å². The molecule has 3 nitrogen and oxygen atoms in total. The van der Waals surface area contributed by atoms with Gasteiger partial charge in [-0.25, -0.2) is 0 Å². The van der Waals surface area contributed by atoms with Gasteiger partial charge in [0.2, 0.25) is 0 Å². The zero-order valence-electron chi connectivity index (χ0n) is 15.0. The summed E-state index contributed by atoms with van der Waals surface area (Å²) in [6.07, 6.45) is 6.04. The molecule has 1 amide bonds. The van der Waals surface area contributed by atoms with E-state index < -0.39 is 0 Å². The van der Waals surface area contributed by atoms with Crippen molar-refractivity contribution in [1.82, 2.24) is 5.32 Å². The summed E-state index contributed by atoms with van der Waals surface area (Å²) in [5.74, 6) is 0.712. The van der Waals surface area contributed by atoms with Gasteiger partial charge in [-0.3, -0.25) is 4.79 Å². The maximum absolute atomic E-state index is 12.6. The van der Waals surface area contributed by atoms with Crippen molar-refractivity contribution < 1.29 is 9.53 Å². The molecule has 1 atom stereocenters. The summed E-state index contributed by atoms with van der Waals surface area (Å²) in [5, 5.41) is 3.10. The number of ether oxygens (including phenoxy) is 1. The van der Waals surface area contributed by atoms with E-state index in [4.69, 9.17) is 4.74 Å². The Bertz CT molecular complexity index is 795. The number of methoxy groups -OCH3 is 1. The molecule has 0 bridgehead atoms. The van der Waals surface area contributed by atoms with E-state index in [9.17, 15) is 4.79 Å². The topological polar surface area (TPSA) is 38.3 Å². The first-order valence-corrected chi connectivity index (χ1v) is 8.82. The zero-order valence-corrected chi connectivity index (χ0v) is 15.0. The van der Waals surface area contributed by atoms with Crippen LogP contribution in [0.2, 0.25) is 0 Å². The maximum atomic E-state index is 12.6. The third kappa shape index (κ3) is 3.76. The molecule has 2 aromatic carbocycles. The number of aryl methyl sites for hydroxylation is 2. The predicted octanol–water partition coefficient (Wildman–Crippen LogP) is 4.40. The Hall–Kier alpha value is -2.55. The second kappa shape index (κ2) is 7.56. The van der Waals surface area contributed by atoms with Gasteiger partial charge >= 0.3 is 0 Å². The first-order valence-electron chi connectivity index (χ1n) is 8.82. The first kappa shape index (κ1) is 17.3. The van der Waals surface area contributed by atoms with Crippen LogP contribution in [0.25, 0.3) is 0 Å². The molecule has 0 aliphatic heterocycles. The van der Waals surface area contributed by atoms with Gasteiger partial charge in [0.25, 0.3) is 5.91 Å². The van der Waals surface area contributed by atoms with Gasteiger partial charge in [-0.15, -0.1) is 6.58 Å². The van der Waals surface area contributed by atoms with Gasteiger partial charge in [0.05, 0.1) is 13.2 Å². The number of hydrogen-bond acceptors (Lipinski definition) is 2. The SMILES string of the molecule is C=CCc1cc(C(=O)N[C@H](C)c2ccc3c(c2)CCC3)ccc1OC. The van der Waals surface area contributed by atoms with E-state index in [0.717, 1.165) is 23.3 Å². The van der Waals surface area contributed by atoms with Gasteiger partial charge < -0.3 is 10.1 Å². The van der Waals surface area contributed by atoms with E-state index in [1.54, 1.807) is 13.2 Å². The molecule has 3 rings (SSSR count). The molecule has 0 radical (unpaired) electrons. The summed E-state index contributed by atoms with van der Waals surface area (Å²) >= 11 is 0. The molecule has 1 aliphatic carbocycles. The molecule has 0 unspecified atom stereocenters. The van der Waals surface area contributed by atoms with Crippen molar-refractivity contribution in [2.24, 2.45) is 0 Å². The Morgan fingerprint density at radius 2 is 2.04 bits per heavy atom. The minimum Gasteiger partial charge on any atom is -0.496 e. The Kier molecular flexibility index (Phi) is 5.22. The number of nitrogens with one attached hydrogen (secondary N) is 1. The van der Waals surface area contributed by atoms with Crippen molar-refractivity contribution in [3.8, 4) is 5.75 Å². The summed E-state index contributed by atoms with van der Waals surface area (Å²) in [4.78, 5) is 12.6. The lowest BCUT2D eigenvalue weighted by Crippen LogP contribution is -2.26. The molecule has 0 saturated heterocycles. The van der Waals surface area contributed by atoms with E-state index in [2.05, 4.69) is 30.1 Å². The summed E-state index contributed by atoms with van der Waals surface area (Å²) in [6.45, 7) is 5.80. The van der Waals surface area contributed by atoms with E-state index in [1.807, 2.05) is 25.1 Å².